The van der Waals surface area contributed by atoms with Crippen LogP contribution in [0.15, 0.2) is 0 Å². The van der Waals surface area contributed by atoms with E-state index in [-0.39, 0.29) is 5.91 Å². The molecule has 5 heteroatoms. The van der Waals surface area contributed by atoms with E-state index in [1.165, 1.54) is 0 Å². The summed E-state index contributed by atoms with van der Waals surface area (Å²) >= 11 is 0. The monoisotopic (exact) mass is 200 g/mol. The van der Waals surface area contributed by atoms with Gasteiger partial charge in [0.05, 0.1) is 0 Å². The van der Waals surface area contributed by atoms with Crippen molar-refractivity contribution in [3.63, 3.8) is 0 Å². The fraction of sp³-hybridized carbons (Fsp3) is 0.778. The van der Waals surface area contributed by atoms with Crippen molar-refractivity contribution in [2.24, 2.45) is 5.41 Å². The first-order chi connectivity index (χ1) is 6.63. The molecule has 3 N–H and O–H groups in total. The van der Waals surface area contributed by atoms with Gasteiger partial charge in [-0.05, 0) is 32.9 Å². The highest BCUT2D eigenvalue weighted by Gasteiger charge is 2.56. The molecule has 0 aromatic heterocycles. The Hall–Kier alpha value is -1.10. The molecule has 1 saturated carbocycles. The summed E-state index contributed by atoms with van der Waals surface area (Å²) in [7, 11) is 1.83. The van der Waals surface area contributed by atoms with Gasteiger partial charge in [0.15, 0.2) is 0 Å². The van der Waals surface area contributed by atoms with Gasteiger partial charge >= 0.3 is 5.97 Å². The van der Waals surface area contributed by atoms with Crippen LogP contribution in [-0.4, -0.2) is 37.1 Å². The van der Waals surface area contributed by atoms with E-state index in [0.717, 1.165) is 13.0 Å². The van der Waals surface area contributed by atoms with Crippen molar-refractivity contribution in [2.75, 3.05) is 20.1 Å². The third-order valence-corrected chi connectivity index (χ3v) is 2.48. The molecule has 0 spiro atoms. The van der Waals surface area contributed by atoms with Crippen LogP contribution in [0.3, 0.4) is 0 Å². The summed E-state index contributed by atoms with van der Waals surface area (Å²) in [4.78, 5) is 22.2. The summed E-state index contributed by atoms with van der Waals surface area (Å²) in [6.07, 6.45) is 1.76. The Bertz CT molecular complexity index is 236. The van der Waals surface area contributed by atoms with Gasteiger partial charge in [0, 0.05) is 6.54 Å². The van der Waals surface area contributed by atoms with Crippen LogP contribution in [0.4, 0.5) is 0 Å². The maximum atomic E-state index is 11.4. The third kappa shape index (κ3) is 2.23. The molecule has 1 aliphatic carbocycles. The number of nitrogens with one attached hydrogen (secondary N) is 2. The molecule has 5 nitrogen and oxygen atoms in total. The van der Waals surface area contributed by atoms with Gasteiger partial charge in [-0.3, -0.25) is 9.59 Å². The summed E-state index contributed by atoms with van der Waals surface area (Å²) in [5.74, 6) is -1.33. The van der Waals surface area contributed by atoms with Crippen molar-refractivity contribution in [1.29, 1.82) is 0 Å². The number of rotatable bonds is 6. The van der Waals surface area contributed by atoms with Crippen LogP contribution >= 0.6 is 0 Å². The molecule has 1 aliphatic rings. The Labute approximate surface area is 82.9 Å². The number of aliphatic carboxylic acids is 1. The van der Waals surface area contributed by atoms with Gasteiger partial charge in [0.25, 0.3) is 0 Å². The van der Waals surface area contributed by atoms with Crippen molar-refractivity contribution >= 4 is 11.9 Å². The van der Waals surface area contributed by atoms with Crippen molar-refractivity contribution in [1.82, 2.24) is 10.6 Å². The number of carbonyl (C=O) groups excluding carboxylic acids is 1. The molecule has 0 atom stereocenters. The molecule has 1 amide bonds. The number of amides is 1. The Morgan fingerprint density at radius 1 is 1.36 bits per heavy atom. The minimum absolute atomic E-state index is 0.332. The Kier molecular flexibility index (Phi) is 3.46. The molecule has 0 radical (unpaired) electrons. The van der Waals surface area contributed by atoms with Gasteiger partial charge in [-0.25, -0.2) is 0 Å². The highest BCUT2D eigenvalue weighted by molar-refractivity contribution is 6.04. The van der Waals surface area contributed by atoms with E-state index >= 15 is 0 Å². The molecular weight excluding hydrogens is 184 g/mol. The molecular formula is C9H16N2O3. The van der Waals surface area contributed by atoms with Gasteiger partial charge in [-0.1, -0.05) is 0 Å². The SMILES string of the molecule is CNCCCNC(=O)C1(C(=O)O)CC1. The molecule has 1 fully saturated rings. The zero-order valence-corrected chi connectivity index (χ0v) is 8.30. The van der Waals surface area contributed by atoms with Gasteiger partial charge < -0.3 is 15.7 Å². The Morgan fingerprint density at radius 3 is 2.43 bits per heavy atom. The number of hydrogen-bond acceptors (Lipinski definition) is 3. The largest absolute Gasteiger partial charge is 0.480 e. The number of carbonyl (C=O) groups is 2. The lowest BCUT2D eigenvalue weighted by Crippen LogP contribution is -2.38. The summed E-state index contributed by atoms with van der Waals surface area (Å²) < 4.78 is 0. The lowest BCUT2D eigenvalue weighted by molar-refractivity contribution is -0.149. The predicted molar refractivity (Wildman–Crippen MR) is 50.9 cm³/mol. The summed E-state index contributed by atoms with van der Waals surface area (Å²) in [5.41, 5.74) is -1.10. The van der Waals surface area contributed by atoms with Crippen LogP contribution in [0.25, 0.3) is 0 Å². The highest BCUT2D eigenvalue weighted by Crippen LogP contribution is 2.45. The van der Waals surface area contributed by atoms with E-state index in [1.807, 2.05) is 7.05 Å². The van der Waals surface area contributed by atoms with Crippen LogP contribution in [0.2, 0.25) is 0 Å². The standard InChI is InChI=1S/C9H16N2O3/c1-10-5-2-6-11-7(12)9(3-4-9)8(13)14/h10H,2-6H2,1H3,(H,11,12)(H,13,14). The van der Waals surface area contributed by atoms with E-state index < -0.39 is 11.4 Å². The number of carboxylic acid groups (broad SMARTS) is 1. The van der Waals surface area contributed by atoms with Crippen LogP contribution in [0, 0.1) is 5.41 Å². The molecule has 14 heavy (non-hydrogen) atoms. The summed E-state index contributed by atoms with van der Waals surface area (Å²) in [5, 5.41) is 14.4. The van der Waals surface area contributed by atoms with E-state index in [2.05, 4.69) is 10.6 Å². The Balaban J connectivity index is 2.25. The molecule has 0 unspecified atom stereocenters. The second kappa shape index (κ2) is 4.41. The second-order valence-electron chi connectivity index (χ2n) is 3.60. The minimum atomic E-state index is -1.10. The minimum Gasteiger partial charge on any atom is -0.480 e. The predicted octanol–water partition coefficient (Wildman–Crippen LogP) is -0.423. The normalized spacial score (nSPS) is 17.5. The molecule has 0 heterocycles. The van der Waals surface area contributed by atoms with E-state index in [9.17, 15) is 9.59 Å². The lowest BCUT2D eigenvalue weighted by atomic mass is 10.1. The molecule has 0 bridgehead atoms. The molecule has 0 saturated heterocycles. The van der Waals surface area contributed by atoms with E-state index in [1.54, 1.807) is 0 Å². The zero-order chi connectivity index (χ0) is 10.6. The zero-order valence-electron chi connectivity index (χ0n) is 8.30. The van der Waals surface area contributed by atoms with Crippen LogP contribution in [0.5, 0.6) is 0 Å². The first-order valence-corrected chi connectivity index (χ1v) is 4.80. The van der Waals surface area contributed by atoms with Crippen LogP contribution < -0.4 is 10.6 Å². The van der Waals surface area contributed by atoms with Gasteiger partial charge in [0.1, 0.15) is 5.41 Å². The smallest absolute Gasteiger partial charge is 0.319 e. The van der Waals surface area contributed by atoms with E-state index in [0.29, 0.717) is 19.4 Å². The second-order valence-corrected chi connectivity index (χ2v) is 3.60. The third-order valence-electron chi connectivity index (χ3n) is 2.48. The summed E-state index contributed by atoms with van der Waals surface area (Å²) in [6, 6.07) is 0. The highest BCUT2D eigenvalue weighted by atomic mass is 16.4. The van der Waals surface area contributed by atoms with Crippen molar-refractivity contribution < 1.29 is 14.7 Å². The van der Waals surface area contributed by atoms with Crippen LogP contribution in [0.1, 0.15) is 19.3 Å². The fourth-order valence-electron chi connectivity index (χ4n) is 1.30. The molecule has 0 aliphatic heterocycles. The van der Waals surface area contributed by atoms with Gasteiger partial charge in [-0.2, -0.15) is 0 Å². The lowest BCUT2D eigenvalue weighted by Gasteiger charge is -2.10. The number of hydrogen-bond donors (Lipinski definition) is 3. The van der Waals surface area contributed by atoms with Gasteiger partial charge in [0.2, 0.25) is 5.91 Å². The maximum absolute atomic E-state index is 11.4. The average Bonchev–Trinajstić information content (AvgIpc) is 2.92. The molecule has 1 rings (SSSR count). The maximum Gasteiger partial charge on any atom is 0.319 e. The van der Waals surface area contributed by atoms with Gasteiger partial charge in [-0.15, -0.1) is 0 Å². The van der Waals surface area contributed by atoms with Crippen molar-refractivity contribution in [3.8, 4) is 0 Å². The van der Waals surface area contributed by atoms with Crippen molar-refractivity contribution in [2.45, 2.75) is 19.3 Å². The fourth-order valence-corrected chi connectivity index (χ4v) is 1.30. The Morgan fingerprint density at radius 2 is 2.00 bits per heavy atom. The number of carboxylic acids is 1. The first kappa shape index (κ1) is 11.0. The quantitative estimate of drug-likeness (QED) is 0.402. The first-order valence-electron chi connectivity index (χ1n) is 4.80. The van der Waals surface area contributed by atoms with Crippen LogP contribution in [-0.2, 0) is 9.59 Å². The summed E-state index contributed by atoms with van der Waals surface area (Å²) in [6.45, 7) is 1.36. The topological polar surface area (TPSA) is 78.4 Å². The van der Waals surface area contributed by atoms with Crippen molar-refractivity contribution in [3.05, 3.63) is 0 Å². The van der Waals surface area contributed by atoms with E-state index in [4.69, 9.17) is 5.11 Å². The average molecular weight is 200 g/mol. The molecule has 80 valence electrons. The molecule has 0 aromatic carbocycles. The molecule has 0 aromatic rings.